The van der Waals surface area contributed by atoms with E-state index < -0.39 is 17.7 Å². The third-order valence-electron chi connectivity index (χ3n) is 5.82. The van der Waals surface area contributed by atoms with E-state index in [0.717, 1.165) is 25.7 Å². The smallest absolute Gasteiger partial charge is 0.295 e. The van der Waals surface area contributed by atoms with Crippen molar-refractivity contribution in [2.45, 2.75) is 37.8 Å². The summed E-state index contributed by atoms with van der Waals surface area (Å²) >= 11 is 12.1. The number of hydrogen-bond donors (Lipinski definition) is 1. The van der Waals surface area contributed by atoms with Gasteiger partial charge in [0.1, 0.15) is 11.5 Å². The van der Waals surface area contributed by atoms with Gasteiger partial charge >= 0.3 is 0 Å². The number of carbonyl (C=O) groups excluding carboxylic acids is 2. The van der Waals surface area contributed by atoms with Gasteiger partial charge < -0.3 is 14.7 Å². The fourth-order valence-electron chi connectivity index (χ4n) is 4.41. The Morgan fingerprint density at radius 1 is 1.07 bits per heavy atom. The molecule has 2 aliphatic rings. The van der Waals surface area contributed by atoms with Gasteiger partial charge in [-0.15, -0.1) is 0 Å². The molecule has 1 amide bonds. The van der Waals surface area contributed by atoms with Crippen LogP contribution in [0.5, 0.6) is 5.75 Å². The number of aliphatic hydroxyl groups excluding tert-OH is 1. The normalized spacial score (nSPS) is 21.4. The first kappa shape index (κ1) is 20.8. The number of carbonyl (C=O) groups is 2. The first-order valence-corrected chi connectivity index (χ1v) is 10.6. The quantitative estimate of drug-likeness (QED) is 0.390. The predicted molar refractivity (Wildman–Crippen MR) is 116 cm³/mol. The number of hydrogen-bond acceptors (Lipinski definition) is 4. The summed E-state index contributed by atoms with van der Waals surface area (Å²) in [6.07, 6.45) is 3.65. The highest BCUT2D eigenvalue weighted by molar-refractivity contribution is 6.47. The van der Waals surface area contributed by atoms with Crippen LogP contribution >= 0.6 is 23.2 Å². The van der Waals surface area contributed by atoms with E-state index >= 15 is 0 Å². The summed E-state index contributed by atoms with van der Waals surface area (Å²) in [5.41, 5.74) is 1.02. The molecule has 2 aromatic rings. The number of ether oxygens (including phenoxy) is 1. The molecule has 1 N–H and O–H groups in total. The van der Waals surface area contributed by atoms with Gasteiger partial charge in [-0.25, -0.2) is 0 Å². The molecule has 156 valence electrons. The molecule has 1 aliphatic heterocycles. The van der Waals surface area contributed by atoms with Crippen LogP contribution in [0.3, 0.4) is 0 Å². The van der Waals surface area contributed by atoms with E-state index in [0.29, 0.717) is 21.9 Å². The van der Waals surface area contributed by atoms with Gasteiger partial charge in [-0.1, -0.05) is 54.2 Å². The molecule has 1 atom stereocenters. The van der Waals surface area contributed by atoms with Crippen LogP contribution in [0.1, 0.15) is 42.9 Å². The number of benzene rings is 2. The summed E-state index contributed by atoms with van der Waals surface area (Å²) in [4.78, 5) is 27.8. The summed E-state index contributed by atoms with van der Waals surface area (Å²) in [7, 11) is 1.54. The number of methoxy groups -OCH3 is 1. The van der Waals surface area contributed by atoms with Crippen LogP contribution in [0.4, 0.5) is 0 Å². The summed E-state index contributed by atoms with van der Waals surface area (Å²) in [6, 6.07) is 11.1. The van der Waals surface area contributed by atoms with Gasteiger partial charge in [-0.05, 0) is 37.1 Å². The maximum atomic E-state index is 13.1. The monoisotopic (exact) mass is 445 g/mol. The molecule has 0 spiro atoms. The van der Waals surface area contributed by atoms with Crippen molar-refractivity contribution >= 4 is 40.7 Å². The second-order valence-electron chi connectivity index (χ2n) is 7.52. The number of ketones is 1. The molecule has 2 aromatic carbocycles. The van der Waals surface area contributed by atoms with Gasteiger partial charge in [-0.3, -0.25) is 9.59 Å². The van der Waals surface area contributed by atoms with Gasteiger partial charge in [0.2, 0.25) is 0 Å². The largest absolute Gasteiger partial charge is 0.507 e. The first-order chi connectivity index (χ1) is 14.4. The molecule has 1 unspecified atom stereocenters. The van der Waals surface area contributed by atoms with Crippen LogP contribution in [0, 0.1) is 0 Å². The summed E-state index contributed by atoms with van der Waals surface area (Å²) in [5.74, 6) is -1.03. The van der Waals surface area contributed by atoms with Crippen LogP contribution in [0.25, 0.3) is 5.76 Å². The molecule has 2 fully saturated rings. The minimum absolute atomic E-state index is 0.0368. The highest BCUT2D eigenvalue weighted by Gasteiger charge is 2.50. The lowest BCUT2D eigenvalue weighted by atomic mass is 9.94. The molecule has 0 aromatic heterocycles. The molecule has 0 bridgehead atoms. The molecule has 30 heavy (non-hydrogen) atoms. The van der Waals surface area contributed by atoms with Crippen molar-refractivity contribution in [3.8, 4) is 5.75 Å². The topological polar surface area (TPSA) is 66.8 Å². The standard InChI is InChI=1S/C23H21Cl2NO4/c1-30-18-9-5-4-8-15(18)20-19(21(27)13-10-11-16(24)17(25)12-13)22(28)23(29)26(20)14-6-2-3-7-14/h4-5,8-12,14,20,27H,2-3,6-7H2,1H3/b21-19+. The molecule has 1 heterocycles. The molecule has 1 saturated heterocycles. The van der Waals surface area contributed by atoms with E-state index in [1.807, 2.05) is 18.2 Å². The van der Waals surface area contributed by atoms with Crippen molar-refractivity contribution < 1.29 is 19.4 Å². The Balaban J connectivity index is 1.93. The van der Waals surface area contributed by atoms with Crippen molar-refractivity contribution in [3.05, 3.63) is 69.2 Å². The summed E-state index contributed by atoms with van der Waals surface area (Å²) < 4.78 is 5.52. The highest BCUT2D eigenvalue weighted by atomic mass is 35.5. The molecule has 4 rings (SSSR count). The number of nitrogens with zero attached hydrogens (tertiary/aromatic N) is 1. The van der Waals surface area contributed by atoms with E-state index in [-0.39, 0.29) is 22.4 Å². The highest BCUT2D eigenvalue weighted by Crippen LogP contribution is 2.46. The minimum Gasteiger partial charge on any atom is -0.507 e. The van der Waals surface area contributed by atoms with E-state index in [2.05, 4.69) is 0 Å². The van der Waals surface area contributed by atoms with Gasteiger partial charge in [0.15, 0.2) is 0 Å². The Morgan fingerprint density at radius 2 is 1.77 bits per heavy atom. The van der Waals surface area contributed by atoms with Crippen molar-refractivity contribution in [1.82, 2.24) is 4.90 Å². The minimum atomic E-state index is -0.737. The Morgan fingerprint density at radius 3 is 2.43 bits per heavy atom. The first-order valence-electron chi connectivity index (χ1n) is 9.82. The number of amides is 1. The lowest BCUT2D eigenvalue weighted by molar-refractivity contribution is -0.141. The van der Waals surface area contributed by atoms with Crippen LogP contribution in [-0.4, -0.2) is 34.8 Å². The zero-order chi connectivity index (χ0) is 21.4. The van der Waals surface area contributed by atoms with Gasteiger partial charge in [0.25, 0.3) is 11.7 Å². The van der Waals surface area contributed by atoms with Crippen LogP contribution in [0.15, 0.2) is 48.0 Å². The van der Waals surface area contributed by atoms with Crippen LogP contribution in [-0.2, 0) is 9.59 Å². The summed E-state index contributed by atoms with van der Waals surface area (Å²) in [5, 5.41) is 11.7. The van der Waals surface area contributed by atoms with E-state index in [1.54, 1.807) is 30.2 Å². The fourth-order valence-corrected chi connectivity index (χ4v) is 4.70. The maximum Gasteiger partial charge on any atom is 0.295 e. The summed E-state index contributed by atoms with van der Waals surface area (Å²) in [6.45, 7) is 0. The molecule has 1 aliphatic carbocycles. The Bertz CT molecular complexity index is 1040. The molecular weight excluding hydrogens is 425 g/mol. The predicted octanol–water partition coefficient (Wildman–Crippen LogP) is 5.37. The number of halogens is 2. The number of aliphatic hydroxyl groups is 1. The van der Waals surface area contributed by atoms with E-state index in [4.69, 9.17) is 27.9 Å². The Hall–Kier alpha value is -2.50. The molecule has 1 saturated carbocycles. The zero-order valence-electron chi connectivity index (χ0n) is 16.4. The number of para-hydroxylation sites is 1. The van der Waals surface area contributed by atoms with E-state index in [1.165, 1.54) is 6.07 Å². The number of rotatable bonds is 4. The van der Waals surface area contributed by atoms with Crippen molar-refractivity contribution in [3.63, 3.8) is 0 Å². The van der Waals surface area contributed by atoms with Crippen LogP contribution in [0.2, 0.25) is 10.0 Å². The number of likely N-dealkylation sites (tertiary alicyclic amines) is 1. The van der Waals surface area contributed by atoms with Gasteiger partial charge in [-0.2, -0.15) is 0 Å². The third-order valence-corrected chi connectivity index (χ3v) is 6.56. The van der Waals surface area contributed by atoms with Gasteiger partial charge in [0.05, 0.1) is 28.8 Å². The molecular formula is C23H21Cl2NO4. The SMILES string of the molecule is COc1ccccc1C1/C(=C(\O)c2ccc(Cl)c(Cl)c2)C(=O)C(=O)N1C1CCCC1. The second-order valence-corrected chi connectivity index (χ2v) is 8.33. The Kier molecular flexibility index (Phi) is 5.76. The number of Topliss-reactive ketones (excluding diaryl/α,β-unsaturated/α-hetero) is 1. The maximum absolute atomic E-state index is 13.1. The average Bonchev–Trinajstić information content (AvgIpc) is 3.36. The van der Waals surface area contributed by atoms with Crippen molar-refractivity contribution in [2.75, 3.05) is 7.11 Å². The van der Waals surface area contributed by atoms with Gasteiger partial charge in [0, 0.05) is 17.2 Å². The average molecular weight is 446 g/mol. The molecule has 7 heteroatoms. The second kappa shape index (κ2) is 8.32. The van der Waals surface area contributed by atoms with Crippen molar-refractivity contribution in [1.29, 1.82) is 0 Å². The molecule has 5 nitrogen and oxygen atoms in total. The lowest BCUT2D eigenvalue weighted by Gasteiger charge is -2.31. The van der Waals surface area contributed by atoms with E-state index in [9.17, 15) is 14.7 Å². The zero-order valence-corrected chi connectivity index (χ0v) is 17.9. The lowest BCUT2D eigenvalue weighted by Crippen LogP contribution is -2.37. The van der Waals surface area contributed by atoms with Crippen molar-refractivity contribution in [2.24, 2.45) is 0 Å². The Labute approximate surface area is 184 Å². The fraction of sp³-hybridized carbons (Fsp3) is 0.304. The van der Waals surface area contributed by atoms with Crippen LogP contribution < -0.4 is 4.74 Å². The molecule has 0 radical (unpaired) electrons. The third kappa shape index (κ3) is 3.46.